The summed E-state index contributed by atoms with van der Waals surface area (Å²) in [5, 5.41) is 5.17. The van der Waals surface area contributed by atoms with E-state index in [9.17, 15) is 22.0 Å². The summed E-state index contributed by atoms with van der Waals surface area (Å²) in [7, 11) is -2.43. The third kappa shape index (κ3) is 5.92. The number of unbranched alkanes of at least 4 members (excludes halogenated alkanes) is 1. The van der Waals surface area contributed by atoms with E-state index >= 15 is 0 Å². The number of rotatable bonds is 9. The fourth-order valence-electron chi connectivity index (χ4n) is 3.63. The summed E-state index contributed by atoms with van der Waals surface area (Å²) < 4.78 is 64.3. The van der Waals surface area contributed by atoms with Crippen molar-refractivity contribution in [2.75, 3.05) is 7.11 Å². The Morgan fingerprint density at radius 2 is 2.00 bits per heavy atom. The summed E-state index contributed by atoms with van der Waals surface area (Å²) in [5.41, 5.74) is 2.11. The van der Waals surface area contributed by atoms with Crippen LogP contribution in [-0.2, 0) is 25.3 Å². The van der Waals surface area contributed by atoms with Crippen molar-refractivity contribution in [3.8, 4) is 22.6 Å². The molecule has 1 heterocycles. The highest BCUT2D eigenvalue weighted by atomic mass is 32.2. The number of fused-ring (bicyclic) bond motifs is 3. The zero-order valence-electron chi connectivity index (χ0n) is 16.8. The van der Waals surface area contributed by atoms with Crippen LogP contribution in [0.25, 0.3) is 11.1 Å². The molecule has 0 spiro atoms. The van der Waals surface area contributed by atoms with E-state index in [1.54, 1.807) is 30.3 Å². The van der Waals surface area contributed by atoms with Crippen LogP contribution in [0.15, 0.2) is 36.4 Å². The standard InChI is InChI=1S/C21H23F2NO6S/c1-28-19(25)8-3-2-5-16-15-11-13(12-31(24,26)27)9-10-14(15)20-17(29-16)6-4-7-18(20)30-21(22)23/h4,6-7,9-11,16,21H,2-3,5,8,12H2,1H3,(H2,24,26,27). The number of methoxy groups -OCH3 is 1. The van der Waals surface area contributed by atoms with E-state index in [-0.39, 0.29) is 23.9 Å². The predicted octanol–water partition coefficient (Wildman–Crippen LogP) is 3.91. The number of alkyl halides is 2. The summed E-state index contributed by atoms with van der Waals surface area (Å²) in [4.78, 5) is 11.3. The predicted molar refractivity (Wildman–Crippen MR) is 109 cm³/mol. The van der Waals surface area contributed by atoms with E-state index in [0.29, 0.717) is 47.3 Å². The van der Waals surface area contributed by atoms with E-state index in [4.69, 9.17) is 9.88 Å². The van der Waals surface area contributed by atoms with Crippen molar-refractivity contribution < 1.29 is 36.2 Å². The fourth-order valence-corrected chi connectivity index (χ4v) is 4.27. The van der Waals surface area contributed by atoms with Gasteiger partial charge in [0, 0.05) is 12.0 Å². The molecule has 7 nitrogen and oxygen atoms in total. The van der Waals surface area contributed by atoms with Gasteiger partial charge in [-0.25, -0.2) is 13.6 Å². The number of benzene rings is 2. The molecule has 1 aliphatic rings. The monoisotopic (exact) mass is 455 g/mol. The zero-order valence-corrected chi connectivity index (χ0v) is 17.7. The normalized spacial score (nSPS) is 15.1. The van der Waals surface area contributed by atoms with E-state index in [0.717, 1.165) is 0 Å². The molecule has 1 atom stereocenters. The van der Waals surface area contributed by atoms with Gasteiger partial charge in [0.2, 0.25) is 10.0 Å². The van der Waals surface area contributed by atoms with Gasteiger partial charge >= 0.3 is 12.6 Å². The Bertz CT molecular complexity index is 1060. The number of esters is 1. The molecule has 0 saturated carbocycles. The highest BCUT2D eigenvalue weighted by Gasteiger charge is 2.29. The molecular weight excluding hydrogens is 432 g/mol. The summed E-state index contributed by atoms with van der Waals surface area (Å²) in [6.45, 7) is -3.01. The lowest BCUT2D eigenvalue weighted by atomic mass is 9.89. The Morgan fingerprint density at radius 3 is 2.68 bits per heavy atom. The number of carbonyl (C=O) groups excluding carboxylic acids is 1. The first kappa shape index (κ1) is 23.0. The molecule has 1 unspecified atom stereocenters. The Hall–Kier alpha value is -2.72. The minimum atomic E-state index is -3.76. The van der Waals surface area contributed by atoms with Crippen molar-refractivity contribution in [3.63, 3.8) is 0 Å². The molecule has 0 bridgehead atoms. The molecule has 2 aromatic carbocycles. The molecule has 2 N–H and O–H groups in total. The van der Waals surface area contributed by atoms with Gasteiger partial charge in [-0.05, 0) is 42.5 Å². The van der Waals surface area contributed by atoms with Gasteiger partial charge in [0.25, 0.3) is 0 Å². The molecule has 31 heavy (non-hydrogen) atoms. The van der Waals surface area contributed by atoms with Gasteiger partial charge in [-0.2, -0.15) is 8.78 Å². The average molecular weight is 455 g/mol. The third-order valence-corrected chi connectivity index (χ3v) is 5.63. The highest BCUT2D eigenvalue weighted by molar-refractivity contribution is 7.88. The molecule has 0 fully saturated rings. The lowest BCUT2D eigenvalue weighted by Gasteiger charge is -2.30. The van der Waals surface area contributed by atoms with Crippen LogP contribution in [-0.4, -0.2) is 28.1 Å². The Morgan fingerprint density at radius 1 is 1.23 bits per heavy atom. The van der Waals surface area contributed by atoms with Crippen molar-refractivity contribution in [1.29, 1.82) is 0 Å². The average Bonchev–Trinajstić information content (AvgIpc) is 2.69. The zero-order chi connectivity index (χ0) is 22.6. The van der Waals surface area contributed by atoms with Gasteiger partial charge in [-0.15, -0.1) is 0 Å². The molecule has 1 aliphatic heterocycles. The van der Waals surface area contributed by atoms with Gasteiger partial charge in [-0.1, -0.05) is 24.3 Å². The first-order chi connectivity index (χ1) is 14.7. The van der Waals surface area contributed by atoms with Crippen LogP contribution in [0.2, 0.25) is 0 Å². The van der Waals surface area contributed by atoms with E-state index in [1.807, 2.05) is 0 Å². The second kappa shape index (κ2) is 9.61. The topological polar surface area (TPSA) is 105 Å². The van der Waals surface area contributed by atoms with Gasteiger partial charge in [0.1, 0.15) is 17.6 Å². The van der Waals surface area contributed by atoms with Crippen LogP contribution < -0.4 is 14.6 Å². The molecule has 3 rings (SSSR count). The summed E-state index contributed by atoms with van der Waals surface area (Å²) >= 11 is 0. The number of nitrogens with two attached hydrogens (primary N) is 1. The molecule has 10 heteroatoms. The Labute approximate surface area is 179 Å². The quantitative estimate of drug-likeness (QED) is 0.454. The van der Waals surface area contributed by atoms with Crippen LogP contribution in [0.3, 0.4) is 0 Å². The number of halogens is 2. The summed E-state index contributed by atoms with van der Waals surface area (Å²) in [6, 6.07) is 9.56. The minimum Gasteiger partial charge on any atom is -0.485 e. The maximum Gasteiger partial charge on any atom is 0.387 e. The Kier molecular flexibility index (Phi) is 7.11. The van der Waals surface area contributed by atoms with E-state index in [2.05, 4.69) is 9.47 Å². The second-order valence-electron chi connectivity index (χ2n) is 7.16. The number of hydrogen-bond donors (Lipinski definition) is 1. The minimum absolute atomic E-state index is 0.0305. The van der Waals surface area contributed by atoms with E-state index in [1.165, 1.54) is 13.2 Å². The number of primary sulfonamides is 1. The number of carbonyl (C=O) groups is 1. The van der Waals surface area contributed by atoms with Gasteiger partial charge in [0.15, 0.2) is 0 Å². The molecule has 2 aromatic rings. The highest BCUT2D eigenvalue weighted by Crippen LogP contribution is 2.49. The molecule has 0 radical (unpaired) electrons. The van der Waals surface area contributed by atoms with Crippen LogP contribution in [0, 0.1) is 0 Å². The molecular formula is C21H23F2NO6S. The van der Waals surface area contributed by atoms with Crippen molar-refractivity contribution >= 4 is 16.0 Å². The van der Waals surface area contributed by atoms with Crippen molar-refractivity contribution in [2.45, 2.75) is 44.2 Å². The molecule has 0 amide bonds. The summed E-state index contributed by atoms with van der Waals surface area (Å²) in [6.07, 6.45) is 1.57. The number of sulfonamides is 1. The van der Waals surface area contributed by atoms with Gasteiger partial charge < -0.3 is 14.2 Å². The number of hydrogen-bond acceptors (Lipinski definition) is 6. The second-order valence-corrected chi connectivity index (χ2v) is 8.78. The molecule has 0 aromatic heterocycles. The maximum atomic E-state index is 12.9. The maximum absolute atomic E-state index is 12.9. The van der Waals surface area contributed by atoms with E-state index < -0.39 is 22.7 Å². The number of ether oxygens (including phenoxy) is 3. The summed E-state index contributed by atoms with van der Waals surface area (Å²) in [5.74, 6) is -0.309. The largest absolute Gasteiger partial charge is 0.485 e. The van der Waals surface area contributed by atoms with Crippen molar-refractivity contribution in [1.82, 2.24) is 0 Å². The molecule has 0 aliphatic carbocycles. The van der Waals surface area contributed by atoms with Crippen molar-refractivity contribution in [2.24, 2.45) is 5.14 Å². The first-order valence-electron chi connectivity index (χ1n) is 9.63. The molecule has 0 saturated heterocycles. The molecule has 168 valence electrons. The van der Waals surface area contributed by atoms with Crippen molar-refractivity contribution in [3.05, 3.63) is 47.5 Å². The van der Waals surface area contributed by atoms with Crippen LogP contribution in [0.5, 0.6) is 11.5 Å². The fraction of sp³-hybridized carbons (Fsp3) is 0.381. The van der Waals surface area contributed by atoms with Crippen LogP contribution in [0.4, 0.5) is 8.78 Å². The van der Waals surface area contributed by atoms with Crippen LogP contribution >= 0.6 is 0 Å². The van der Waals surface area contributed by atoms with Gasteiger partial charge in [-0.3, -0.25) is 4.79 Å². The first-order valence-corrected chi connectivity index (χ1v) is 11.3. The lowest BCUT2D eigenvalue weighted by Crippen LogP contribution is -2.18. The smallest absolute Gasteiger partial charge is 0.387 e. The van der Waals surface area contributed by atoms with Crippen LogP contribution in [0.1, 0.15) is 42.9 Å². The van der Waals surface area contributed by atoms with Gasteiger partial charge in [0.05, 0.1) is 18.4 Å². The third-order valence-electron chi connectivity index (χ3n) is 4.90. The lowest BCUT2D eigenvalue weighted by molar-refractivity contribution is -0.140. The Balaban J connectivity index is 1.96. The SMILES string of the molecule is COC(=O)CCCCC1Oc2cccc(OC(F)F)c2-c2ccc(CS(N)(=O)=O)cc21.